The van der Waals surface area contributed by atoms with Gasteiger partial charge >= 0.3 is 0 Å². The molecule has 5 N–H and O–H groups in total. The Bertz CT molecular complexity index is 1230. The summed E-state index contributed by atoms with van der Waals surface area (Å²) in [6, 6.07) is 21.0. The monoisotopic (exact) mass is 511 g/mol. The largest absolute Gasteiger partial charge is 0.399 e. The molecule has 5 rings (SSSR count). The number of piperidine rings is 1. The van der Waals surface area contributed by atoms with Crippen LogP contribution < -0.4 is 21.7 Å². The van der Waals surface area contributed by atoms with Crippen LogP contribution in [0.1, 0.15) is 71.2 Å². The summed E-state index contributed by atoms with van der Waals surface area (Å²) in [4.78, 5) is 29.2. The summed E-state index contributed by atoms with van der Waals surface area (Å²) >= 11 is 0. The lowest BCUT2D eigenvalue weighted by molar-refractivity contribution is 0.1000. The van der Waals surface area contributed by atoms with Crippen molar-refractivity contribution in [3.8, 4) is 0 Å². The van der Waals surface area contributed by atoms with E-state index in [4.69, 9.17) is 11.5 Å². The number of primary amides is 1. The highest BCUT2D eigenvalue weighted by molar-refractivity contribution is 5.95. The summed E-state index contributed by atoms with van der Waals surface area (Å²) in [5.74, 6) is -0.473. The van der Waals surface area contributed by atoms with E-state index in [1.165, 1.54) is 50.9 Å². The number of nitrogen functional groups attached to an aromatic ring is 1. The fourth-order valence-corrected chi connectivity index (χ4v) is 4.85. The zero-order chi connectivity index (χ0) is 26.7. The summed E-state index contributed by atoms with van der Waals surface area (Å²) in [6.45, 7) is 2.40. The molecule has 3 aromatic rings. The third-order valence-corrected chi connectivity index (χ3v) is 7.04. The number of anilines is 3. The fraction of sp³-hybridized carbons (Fsp3) is 0.323. The van der Waals surface area contributed by atoms with Crippen molar-refractivity contribution in [1.29, 1.82) is 0 Å². The van der Waals surface area contributed by atoms with Gasteiger partial charge in [-0.25, -0.2) is 0 Å². The Morgan fingerprint density at radius 2 is 1.53 bits per heavy atom. The molecule has 1 saturated heterocycles. The first-order valence-electron chi connectivity index (χ1n) is 13.4. The SMILES string of the molecule is NC(=O)c1ccc(NC2CCCC2)c(N=Cc2ccc(C=O)cc2)c1.Nc1ccc(N2CCCCC2)cc1. The molecule has 7 nitrogen and oxygen atoms in total. The minimum absolute atomic E-state index is 0.431. The number of amides is 1. The van der Waals surface area contributed by atoms with Gasteiger partial charge in [-0.15, -0.1) is 0 Å². The van der Waals surface area contributed by atoms with Crippen molar-refractivity contribution in [1.82, 2.24) is 0 Å². The number of aldehydes is 1. The third-order valence-electron chi connectivity index (χ3n) is 7.04. The van der Waals surface area contributed by atoms with Gasteiger partial charge in [0, 0.05) is 47.8 Å². The first kappa shape index (κ1) is 26.9. The second kappa shape index (κ2) is 13.4. The first-order valence-corrected chi connectivity index (χ1v) is 13.4. The maximum Gasteiger partial charge on any atom is 0.248 e. The number of aliphatic imine (C=N–C) groups is 1. The predicted molar refractivity (Wildman–Crippen MR) is 157 cm³/mol. The molecule has 1 aliphatic heterocycles. The summed E-state index contributed by atoms with van der Waals surface area (Å²) in [5.41, 5.74) is 16.7. The van der Waals surface area contributed by atoms with E-state index in [2.05, 4.69) is 27.3 Å². The summed E-state index contributed by atoms with van der Waals surface area (Å²) in [7, 11) is 0. The number of hydrogen-bond acceptors (Lipinski definition) is 6. The van der Waals surface area contributed by atoms with Gasteiger partial charge in [-0.3, -0.25) is 14.6 Å². The van der Waals surface area contributed by atoms with Gasteiger partial charge in [-0.1, -0.05) is 37.1 Å². The van der Waals surface area contributed by atoms with Crippen LogP contribution in [0.5, 0.6) is 0 Å². The molecular formula is C31H37N5O2. The van der Waals surface area contributed by atoms with Crippen LogP contribution >= 0.6 is 0 Å². The van der Waals surface area contributed by atoms with Crippen molar-refractivity contribution in [2.75, 3.05) is 29.0 Å². The second-order valence-corrected chi connectivity index (χ2v) is 9.90. The van der Waals surface area contributed by atoms with Gasteiger partial charge in [0.05, 0.1) is 11.4 Å². The third kappa shape index (κ3) is 7.68. The van der Waals surface area contributed by atoms with E-state index in [0.717, 1.165) is 36.1 Å². The lowest BCUT2D eigenvalue weighted by atomic mass is 10.1. The highest BCUT2D eigenvalue weighted by Crippen LogP contribution is 2.30. The van der Waals surface area contributed by atoms with Crippen LogP contribution in [0.25, 0.3) is 0 Å². The van der Waals surface area contributed by atoms with Gasteiger partial charge in [0.2, 0.25) is 5.91 Å². The smallest absolute Gasteiger partial charge is 0.248 e. The molecule has 2 aliphatic rings. The molecule has 2 fully saturated rings. The Hall–Kier alpha value is -4.13. The minimum Gasteiger partial charge on any atom is -0.399 e. The molecule has 1 aliphatic carbocycles. The van der Waals surface area contributed by atoms with Crippen molar-refractivity contribution in [2.24, 2.45) is 10.7 Å². The van der Waals surface area contributed by atoms with E-state index >= 15 is 0 Å². The first-order chi connectivity index (χ1) is 18.5. The number of nitrogens with one attached hydrogen (secondary N) is 1. The van der Waals surface area contributed by atoms with Gasteiger partial charge in [0.1, 0.15) is 6.29 Å². The van der Waals surface area contributed by atoms with E-state index in [1.807, 2.05) is 30.3 Å². The van der Waals surface area contributed by atoms with Crippen LogP contribution in [-0.4, -0.2) is 37.5 Å². The molecule has 1 saturated carbocycles. The van der Waals surface area contributed by atoms with Crippen molar-refractivity contribution in [3.05, 3.63) is 83.4 Å². The molecule has 7 heteroatoms. The number of nitrogens with zero attached hydrogens (tertiary/aromatic N) is 2. The minimum atomic E-state index is -0.473. The molecule has 38 heavy (non-hydrogen) atoms. The Labute approximate surface area is 224 Å². The fourth-order valence-electron chi connectivity index (χ4n) is 4.85. The van der Waals surface area contributed by atoms with Crippen molar-refractivity contribution in [2.45, 2.75) is 51.0 Å². The van der Waals surface area contributed by atoms with Gasteiger partial charge in [0.25, 0.3) is 0 Å². The van der Waals surface area contributed by atoms with Crippen LogP contribution in [0.15, 0.2) is 71.7 Å². The highest BCUT2D eigenvalue weighted by atomic mass is 16.1. The molecule has 0 radical (unpaired) electrons. The van der Waals surface area contributed by atoms with Gasteiger partial charge < -0.3 is 21.7 Å². The summed E-state index contributed by atoms with van der Waals surface area (Å²) in [5, 5.41) is 3.52. The quantitative estimate of drug-likeness (QED) is 0.206. The van der Waals surface area contributed by atoms with E-state index < -0.39 is 5.91 Å². The van der Waals surface area contributed by atoms with Crippen molar-refractivity contribution in [3.63, 3.8) is 0 Å². The number of benzene rings is 3. The van der Waals surface area contributed by atoms with Crippen molar-refractivity contribution < 1.29 is 9.59 Å². The molecular weight excluding hydrogens is 474 g/mol. The molecule has 0 unspecified atom stereocenters. The Kier molecular flexibility index (Phi) is 9.51. The van der Waals surface area contributed by atoms with E-state index in [9.17, 15) is 9.59 Å². The standard InChI is InChI=1S/C20H21N3O2.C11H16N2/c21-20(25)16-9-10-18(23-17-3-1-2-4-17)19(11-16)22-12-14-5-7-15(13-24)8-6-14;12-10-4-6-11(7-5-10)13-8-2-1-3-9-13/h5-13,17,23H,1-4H2,(H2,21,25);4-7H,1-3,8-9,12H2. The molecule has 0 bridgehead atoms. The number of carbonyl (C=O) groups is 2. The summed E-state index contributed by atoms with van der Waals surface area (Å²) in [6.07, 6.45) is 11.3. The van der Waals surface area contributed by atoms with Crippen LogP contribution in [0, 0.1) is 0 Å². The van der Waals surface area contributed by atoms with Crippen LogP contribution in [0.2, 0.25) is 0 Å². The highest BCUT2D eigenvalue weighted by Gasteiger charge is 2.16. The molecule has 1 amide bonds. The number of hydrogen-bond donors (Lipinski definition) is 3. The van der Waals surface area contributed by atoms with Crippen LogP contribution in [-0.2, 0) is 0 Å². The molecule has 0 atom stereocenters. The van der Waals surface area contributed by atoms with Gasteiger partial charge in [0.15, 0.2) is 0 Å². The summed E-state index contributed by atoms with van der Waals surface area (Å²) < 4.78 is 0. The Balaban J connectivity index is 0.000000216. The van der Waals surface area contributed by atoms with E-state index in [1.54, 1.807) is 30.5 Å². The van der Waals surface area contributed by atoms with Crippen molar-refractivity contribution >= 4 is 41.2 Å². The van der Waals surface area contributed by atoms with E-state index in [0.29, 0.717) is 22.9 Å². The Morgan fingerprint density at radius 1 is 0.868 bits per heavy atom. The van der Waals surface area contributed by atoms with Crippen LogP contribution in [0.3, 0.4) is 0 Å². The molecule has 0 spiro atoms. The topological polar surface area (TPSA) is 114 Å². The van der Waals surface area contributed by atoms with E-state index in [-0.39, 0.29) is 0 Å². The zero-order valence-corrected chi connectivity index (χ0v) is 21.8. The van der Waals surface area contributed by atoms with Crippen LogP contribution in [0.4, 0.5) is 22.7 Å². The molecule has 198 valence electrons. The Morgan fingerprint density at radius 3 is 2.16 bits per heavy atom. The maximum atomic E-state index is 11.5. The molecule has 1 heterocycles. The van der Waals surface area contributed by atoms with Gasteiger partial charge in [-0.05, 0) is 80.1 Å². The number of nitrogens with two attached hydrogens (primary N) is 2. The molecule has 0 aromatic heterocycles. The number of carbonyl (C=O) groups excluding carboxylic acids is 2. The normalized spacial score (nSPS) is 15.6. The average Bonchev–Trinajstić information content (AvgIpc) is 3.47. The zero-order valence-electron chi connectivity index (χ0n) is 21.8. The second-order valence-electron chi connectivity index (χ2n) is 9.90. The predicted octanol–water partition coefficient (Wildman–Crippen LogP) is 5.96. The molecule has 3 aromatic carbocycles. The lowest BCUT2D eigenvalue weighted by Gasteiger charge is -2.28. The lowest BCUT2D eigenvalue weighted by Crippen LogP contribution is -2.29. The average molecular weight is 512 g/mol. The van der Waals surface area contributed by atoms with Gasteiger partial charge in [-0.2, -0.15) is 0 Å². The number of rotatable bonds is 7. The maximum absolute atomic E-state index is 11.5.